The van der Waals surface area contributed by atoms with E-state index in [0.717, 1.165) is 0 Å². The van der Waals surface area contributed by atoms with E-state index in [1.165, 1.54) is 0 Å². The minimum absolute atomic E-state index is 0.0117. The molecule has 1 amide bonds. The summed E-state index contributed by atoms with van der Waals surface area (Å²) in [6.45, 7) is 2.34. The average molecular weight is 218 g/mol. The summed E-state index contributed by atoms with van der Waals surface area (Å²) >= 11 is 0. The van der Waals surface area contributed by atoms with Crippen molar-refractivity contribution in [1.82, 2.24) is 5.32 Å². The predicted molar refractivity (Wildman–Crippen MR) is 60.0 cm³/mol. The summed E-state index contributed by atoms with van der Waals surface area (Å²) < 4.78 is 5.02. The van der Waals surface area contributed by atoms with Crippen LogP contribution in [0.2, 0.25) is 0 Å². The molecule has 0 spiro atoms. The van der Waals surface area contributed by atoms with Crippen LogP contribution in [0.5, 0.6) is 0 Å². The van der Waals surface area contributed by atoms with Crippen molar-refractivity contribution in [2.24, 2.45) is 0 Å². The minimum atomic E-state index is -0.159. The summed E-state index contributed by atoms with van der Waals surface area (Å²) in [6.07, 6.45) is -0.0117. The number of carbonyl (C=O) groups is 1. The van der Waals surface area contributed by atoms with E-state index in [1.54, 1.807) is 31.4 Å². The molecule has 0 saturated heterocycles. The smallest absolute Gasteiger partial charge is 0.251 e. The van der Waals surface area contributed by atoms with E-state index in [4.69, 9.17) is 10.00 Å². The number of ether oxygens (including phenoxy) is 1. The number of rotatable bonds is 4. The molecule has 0 bridgehead atoms. The Hall–Kier alpha value is -1.86. The third-order valence-electron chi connectivity index (χ3n) is 2.23. The molecule has 16 heavy (non-hydrogen) atoms. The molecule has 1 N–H and O–H groups in total. The van der Waals surface area contributed by atoms with E-state index in [-0.39, 0.29) is 12.0 Å². The fourth-order valence-corrected chi connectivity index (χ4v) is 1.12. The molecular weight excluding hydrogens is 204 g/mol. The molecule has 0 aliphatic carbocycles. The molecule has 0 fully saturated rings. The highest BCUT2D eigenvalue weighted by molar-refractivity contribution is 5.94. The van der Waals surface area contributed by atoms with Crippen LogP contribution in [-0.4, -0.2) is 25.7 Å². The van der Waals surface area contributed by atoms with Gasteiger partial charge in [-0.15, -0.1) is 0 Å². The highest BCUT2D eigenvalue weighted by Crippen LogP contribution is 2.03. The van der Waals surface area contributed by atoms with Crippen LogP contribution >= 0.6 is 0 Å². The molecule has 1 rings (SSSR count). The van der Waals surface area contributed by atoms with Crippen LogP contribution in [0.4, 0.5) is 0 Å². The zero-order chi connectivity index (χ0) is 12.0. The van der Waals surface area contributed by atoms with E-state index in [9.17, 15) is 4.79 Å². The summed E-state index contributed by atoms with van der Waals surface area (Å²) in [7, 11) is 1.60. The summed E-state index contributed by atoms with van der Waals surface area (Å²) in [6, 6.07) is 8.50. The lowest BCUT2D eigenvalue weighted by atomic mass is 10.1. The third-order valence-corrected chi connectivity index (χ3v) is 2.23. The molecule has 0 aliphatic rings. The van der Waals surface area contributed by atoms with Crippen molar-refractivity contribution < 1.29 is 9.53 Å². The van der Waals surface area contributed by atoms with Gasteiger partial charge in [0.2, 0.25) is 0 Å². The first-order chi connectivity index (χ1) is 7.67. The van der Waals surface area contributed by atoms with Crippen LogP contribution in [0.15, 0.2) is 24.3 Å². The molecule has 4 nitrogen and oxygen atoms in total. The molecule has 0 aromatic heterocycles. The standard InChI is InChI=1S/C12H14N2O2/c1-9(16-2)8-14-12(15)11-5-3-10(7-13)4-6-11/h3-6,9H,8H2,1-2H3,(H,14,15). The fourth-order valence-electron chi connectivity index (χ4n) is 1.12. The molecular formula is C12H14N2O2. The molecule has 0 radical (unpaired) electrons. The number of carbonyl (C=O) groups excluding carboxylic acids is 1. The average Bonchev–Trinajstić information content (AvgIpc) is 2.35. The SMILES string of the molecule is COC(C)CNC(=O)c1ccc(C#N)cc1. The van der Waals surface area contributed by atoms with Gasteiger partial charge in [0.25, 0.3) is 5.91 Å². The van der Waals surface area contributed by atoms with Gasteiger partial charge in [0.1, 0.15) is 0 Å². The zero-order valence-corrected chi connectivity index (χ0v) is 9.36. The first-order valence-electron chi connectivity index (χ1n) is 4.98. The van der Waals surface area contributed by atoms with Gasteiger partial charge in [-0.25, -0.2) is 0 Å². The second-order valence-electron chi connectivity index (χ2n) is 3.45. The Morgan fingerprint density at radius 3 is 2.62 bits per heavy atom. The number of methoxy groups -OCH3 is 1. The van der Waals surface area contributed by atoms with Crippen molar-refractivity contribution in [1.29, 1.82) is 5.26 Å². The molecule has 1 unspecified atom stereocenters. The van der Waals surface area contributed by atoms with Gasteiger partial charge in [-0.2, -0.15) is 5.26 Å². The Balaban J connectivity index is 2.57. The van der Waals surface area contributed by atoms with Crippen molar-refractivity contribution in [3.05, 3.63) is 35.4 Å². The van der Waals surface area contributed by atoms with Gasteiger partial charge in [-0.1, -0.05) is 0 Å². The van der Waals surface area contributed by atoms with Gasteiger partial charge in [-0.05, 0) is 31.2 Å². The number of amides is 1. The van der Waals surface area contributed by atoms with Gasteiger partial charge < -0.3 is 10.1 Å². The topological polar surface area (TPSA) is 62.1 Å². The molecule has 0 aliphatic heterocycles. The van der Waals surface area contributed by atoms with Crippen LogP contribution in [0.1, 0.15) is 22.8 Å². The highest BCUT2D eigenvalue weighted by atomic mass is 16.5. The number of hydrogen-bond acceptors (Lipinski definition) is 3. The molecule has 84 valence electrons. The van der Waals surface area contributed by atoms with Gasteiger partial charge in [-0.3, -0.25) is 4.79 Å². The predicted octanol–water partition coefficient (Wildman–Crippen LogP) is 1.32. The monoisotopic (exact) mass is 218 g/mol. The lowest BCUT2D eigenvalue weighted by molar-refractivity contribution is 0.0870. The summed E-state index contributed by atoms with van der Waals surface area (Å²) in [4.78, 5) is 11.6. The Morgan fingerprint density at radius 1 is 1.50 bits per heavy atom. The van der Waals surface area contributed by atoms with Crippen LogP contribution < -0.4 is 5.32 Å². The summed E-state index contributed by atoms with van der Waals surface area (Å²) in [5, 5.41) is 11.3. The number of hydrogen-bond donors (Lipinski definition) is 1. The molecule has 1 atom stereocenters. The van der Waals surface area contributed by atoms with Crippen LogP contribution in [0.3, 0.4) is 0 Å². The Kier molecular flexibility index (Phi) is 4.49. The lowest BCUT2D eigenvalue weighted by Gasteiger charge is -2.10. The molecule has 0 saturated carbocycles. The quantitative estimate of drug-likeness (QED) is 0.829. The van der Waals surface area contributed by atoms with Crippen LogP contribution in [0.25, 0.3) is 0 Å². The van der Waals surface area contributed by atoms with E-state index in [0.29, 0.717) is 17.7 Å². The maximum absolute atomic E-state index is 11.6. The molecule has 1 aromatic rings. The van der Waals surface area contributed by atoms with Gasteiger partial charge in [0, 0.05) is 19.2 Å². The summed E-state index contributed by atoms with van der Waals surface area (Å²) in [5.74, 6) is -0.159. The lowest BCUT2D eigenvalue weighted by Crippen LogP contribution is -2.31. The number of nitriles is 1. The maximum Gasteiger partial charge on any atom is 0.251 e. The number of nitrogens with zero attached hydrogens (tertiary/aromatic N) is 1. The van der Waals surface area contributed by atoms with Gasteiger partial charge >= 0.3 is 0 Å². The maximum atomic E-state index is 11.6. The first kappa shape index (κ1) is 12.2. The first-order valence-corrected chi connectivity index (χ1v) is 4.98. The molecule has 1 aromatic carbocycles. The Morgan fingerprint density at radius 2 is 2.12 bits per heavy atom. The minimum Gasteiger partial charge on any atom is -0.380 e. The summed E-state index contributed by atoms with van der Waals surface area (Å²) in [5.41, 5.74) is 1.09. The highest BCUT2D eigenvalue weighted by Gasteiger charge is 2.06. The second-order valence-corrected chi connectivity index (χ2v) is 3.45. The Bertz CT molecular complexity index is 392. The van der Waals surface area contributed by atoms with Crippen molar-refractivity contribution in [3.8, 4) is 6.07 Å². The fraction of sp³-hybridized carbons (Fsp3) is 0.333. The van der Waals surface area contributed by atoms with Crippen molar-refractivity contribution in [2.45, 2.75) is 13.0 Å². The van der Waals surface area contributed by atoms with Crippen molar-refractivity contribution >= 4 is 5.91 Å². The van der Waals surface area contributed by atoms with E-state index in [2.05, 4.69) is 5.32 Å². The second kappa shape index (κ2) is 5.89. The van der Waals surface area contributed by atoms with Crippen molar-refractivity contribution in [3.63, 3.8) is 0 Å². The van der Waals surface area contributed by atoms with Gasteiger partial charge in [0.05, 0.1) is 17.7 Å². The normalized spacial score (nSPS) is 11.6. The van der Waals surface area contributed by atoms with Crippen LogP contribution in [-0.2, 0) is 4.74 Å². The van der Waals surface area contributed by atoms with Crippen LogP contribution in [0, 0.1) is 11.3 Å². The number of benzene rings is 1. The molecule has 4 heteroatoms. The van der Waals surface area contributed by atoms with E-state index >= 15 is 0 Å². The number of nitrogens with one attached hydrogen (secondary N) is 1. The third kappa shape index (κ3) is 3.37. The van der Waals surface area contributed by atoms with Gasteiger partial charge in [0.15, 0.2) is 0 Å². The zero-order valence-electron chi connectivity index (χ0n) is 9.36. The van der Waals surface area contributed by atoms with Crippen molar-refractivity contribution in [2.75, 3.05) is 13.7 Å². The largest absolute Gasteiger partial charge is 0.380 e. The Labute approximate surface area is 94.8 Å². The molecule has 0 heterocycles. The van der Waals surface area contributed by atoms with E-state index < -0.39 is 0 Å². The van der Waals surface area contributed by atoms with E-state index in [1.807, 2.05) is 13.0 Å².